The average molecular weight is 410 g/mol. The summed E-state index contributed by atoms with van der Waals surface area (Å²) in [6, 6.07) is 4.93. The van der Waals surface area contributed by atoms with Crippen LogP contribution >= 0.6 is 0 Å². The second kappa shape index (κ2) is 9.23. The fourth-order valence-electron chi connectivity index (χ4n) is 4.66. The standard InChI is InChI=1S/C25H32FN3O/c1-3-16(2)25(30)29-24-22(13-9-17-7-5-4-6-8-17)27-23-20-12-11-19(26)15-18(20)10-14-21(23)28-24/h11-12,15-17H,3-10,13-14H2,1-2H3,(H,28,29,30). The van der Waals surface area contributed by atoms with Crippen LogP contribution in [0.25, 0.3) is 11.3 Å². The maximum Gasteiger partial charge on any atom is 0.228 e. The Bertz CT molecular complexity index is 921. The minimum Gasteiger partial charge on any atom is -0.309 e. The molecule has 1 saturated carbocycles. The number of fused-ring (bicyclic) bond motifs is 3. The first-order valence-corrected chi connectivity index (χ1v) is 11.5. The summed E-state index contributed by atoms with van der Waals surface area (Å²) >= 11 is 0. The van der Waals surface area contributed by atoms with Gasteiger partial charge in [0.15, 0.2) is 5.82 Å². The molecule has 1 aromatic carbocycles. The minimum absolute atomic E-state index is 0.00365. The molecule has 2 aliphatic carbocycles. The quantitative estimate of drug-likeness (QED) is 0.648. The van der Waals surface area contributed by atoms with Gasteiger partial charge in [-0.2, -0.15) is 0 Å². The number of halogens is 1. The molecule has 2 aliphatic rings. The Balaban J connectivity index is 1.66. The summed E-state index contributed by atoms with van der Waals surface area (Å²) in [5, 5.41) is 3.06. The van der Waals surface area contributed by atoms with Gasteiger partial charge in [0.1, 0.15) is 5.82 Å². The van der Waals surface area contributed by atoms with Gasteiger partial charge in [-0.1, -0.05) is 46.0 Å². The Morgan fingerprint density at radius 2 is 2.00 bits per heavy atom. The Labute approximate surface area is 178 Å². The Morgan fingerprint density at radius 1 is 1.20 bits per heavy atom. The number of aromatic nitrogens is 2. The zero-order valence-corrected chi connectivity index (χ0v) is 18.1. The summed E-state index contributed by atoms with van der Waals surface area (Å²) in [5.74, 6) is 1.10. The van der Waals surface area contributed by atoms with Gasteiger partial charge in [-0.15, -0.1) is 0 Å². The van der Waals surface area contributed by atoms with Gasteiger partial charge in [-0.25, -0.2) is 14.4 Å². The van der Waals surface area contributed by atoms with E-state index in [-0.39, 0.29) is 17.6 Å². The Morgan fingerprint density at radius 3 is 2.77 bits per heavy atom. The lowest BCUT2D eigenvalue weighted by atomic mass is 9.85. The summed E-state index contributed by atoms with van der Waals surface area (Å²) in [6.45, 7) is 3.95. The number of carbonyl (C=O) groups is 1. The lowest BCUT2D eigenvalue weighted by Crippen LogP contribution is -2.23. The maximum atomic E-state index is 13.7. The minimum atomic E-state index is -0.208. The molecule has 160 valence electrons. The van der Waals surface area contributed by atoms with E-state index in [1.54, 1.807) is 6.07 Å². The number of anilines is 1. The maximum absolute atomic E-state index is 13.7. The molecule has 30 heavy (non-hydrogen) atoms. The molecule has 4 rings (SSSR count). The highest BCUT2D eigenvalue weighted by Gasteiger charge is 2.24. The van der Waals surface area contributed by atoms with E-state index >= 15 is 0 Å². The molecule has 1 amide bonds. The van der Waals surface area contributed by atoms with Crippen LogP contribution < -0.4 is 5.32 Å². The van der Waals surface area contributed by atoms with Crippen LogP contribution in [-0.2, 0) is 24.1 Å². The Hall–Kier alpha value is -2.30. The van der Waals surface area contributed by atoms with Gasteiger partial charge >= 0.3 is 0 Å². The molecule has 1 aromatic heterocycles. The van der Waals surface area contributed by atoms with Crippen LogP contribution in [0.15, 0.2) is 18.2 Å². The SMILES string of the molecule is CCC(C)C(=O)Nc1nc2c(nc1CCC1CCCCC1)-c1ccc(F)cc1CC2. The third-order valence-electron chi connectivity index (χ3n) is 6.81. The molecule has 0 radical (unpaired) electrons. The molecule has 0 spiro atoms. The van der Waals surface area contributed by atoms with Crippen molar-refractivity contribution in [3.05, 3.63) is 41.0 Å². The first-order valence-electron chi connectivity index (χ1n) is 11.5. The van der Waals surface area contributed by atoms with Crippen LogP contribution in [-0.4, -0.2) is 15.9 Å². The van der Waals surface area contributed by atoms with Gasteiger partial charge in [0.05, 0.1) is 17.1 Å². The summed E-state index contributed by atoms with van der Waals surface area (Å²) in [5.41, 5.74) is 4.59. The zero-order chi connectivity index (χ0) is 21.1. The normalized spacial score (nSPS) is 17.2. The van der Waals surface area contributed by atoms with Crippen LogP contribution in [0.3, 0.4) is 0 Å². The number of aryl methyl sites for hydroxylation is 3. The monoisotopic (exact) mass is 409 g/mol. The number of hydrogen-bond donors (Lipinski definition) is 1. The number of benzene rings is 1. The zero-order valence-electron chi connectivity index (χ0n) is 18.1. The van der Waals surface area contributed by atoms with Gasteiger partial charge in [0, 0.05) is 11.5 Å². The highest BCUT2D eigenvalue weighted by molar-refractivity contribution is 5.92. The summed E-state index contributed by atoms with van der Waals surface area (Å²) in [7, 11) is 0. The van der Waals surface area contributed by atoms with E-state index in [2.05, 4.69) is 5.32 Å². The number of hydrogen-bond acceptors (Lipinski definition) is 3. The lowest BCUT2D eigenvalue weighted by Gasteiger charge is -2.24. The predicted octanol–water partition coefficient (Wildman–Crippen LogP) is 5.88. The summed E-state index contributed by atoms with van der Waals surface area (Å²) in [6.07, 6.45) is 10.7. The van der Waals surface area contributed by atoms with E-state index in [9.17, 15) is 9.18 Å². The van der Waals surface area contributed by atoms with Crippen LogP contribution in [0.4, 0.5) is 10.2 Å². The third kappa shape index (κ3) is 4.55. The number of carbonyl (C=O) groups excluding carboxylic acids is 1. The van der Waals surface area contributed by atoms with Crippen molar-refractivity contribution < 1.29 is 9.18 Å². The molecule has 0 aliphatic heterocycles. The number of nitrogens with one attached hydrogen (secondary N) is 1. The van der Waals surface area contributed by atoms with Gasteiger partial charge in [0.2, 0.25) is 5.91 Å². The van der Waals surface area contributed by atoms with Crippen molar-refractivity contribution in [1.29, 1.82) is 0 Å². The molecule has 5 heteroatoms. The number of rotatable bonds is 6. The van der Waals surface area contributed by atoms with Gasteiger partial charge < -0.3 is 5.32 Å². The van der Waals surface area contributed by atoms with Crippen LogP contribution in [0.2, 0.25) is 0 Å². The largest absolute Gasteiger partial charge is 0.309 e. The van der Waals surface area contributed by atoms with Crippen molar-refractivity contribution in [2.45, 2.75) is 78.1 Å². The smallest absolute Gasteiger partial charge is 0.228 e. The average Bonchev–Trinajstić information content (AvgIpc) is 2.77. The van der Waals surface area contributed by atoms with Crippen molar-refractivity contribution in [3.8, 4) is 11.3 Å². The topological polar surface area (TPSA) is 54.9 Å². The van der Waals surface area contributed by atoms with E-state index < -0.39 is 0 Å². The molecule has 0 saturated heterocycles. The Kier molecular flexibility index (Phi) is 6.45. The predicted molar refractivity (Wildman–Crippen MR) is 118 cm³/mol. The molecule has 2 aromatic rings. The highest BCUT2D eigenvalue weighted by Crippen LogP contribution is 2.34. The fourth-order valence-corrected chi connectivity index (χ4v) is 4.66. The van der Waals surface area contributed by atoms with Gasteiger partial charge in [-0.05, 0) is 61.8 Å². The first kappa shape index (κ1) is 21.0. The molecule has 1 atom stereocenters. The third-order valence-corrected chi connectivity index (χ3v) is 6.81. The number of amides is 1. The van der Waals surface area contributed by atoms with Crippen molar-refractivity contribution in [3.63, 3.8) is 0 Å². The highest BCUT2D eigenvalue weighted by atomic mass is 19.1. The first-order chi connectivity index (χ1) is 14.5. The molecular formula is C25H32FN3O. The molecule has 0 bridgehead atoms. The molecule has 1 N–H and O–H groups in total. The molecule has 1 fully saturated rings. The van der Waals surface area contributed by atoms with Crippen molar-refractivity contribution in [2.75, 3.05) is 5.32 Å². The van der Waals surface area contributed by atoms with Crippen LogP contribution in [0.5, 0.6) is 0 Å². The second-order valence-corrected chi connectivity index (χ2v) is 8.96. The van der Waals surface area contributed by atoms with E-state index in [0.717, 1.165) is 59.8 Å². The summed E-state index contributed by atoms with van der Waals surface area (Å²) < 4.78 is 13.7. The van der Waals surface area contributed by atoms with E-state index in [1.807, 2.05) is 19.9 Å². The molecule has 1 heterocycles. The lowest BCUT2D eigenvalue weighted by molar-refractivity contribution is -0.119. The van der Waals surface area contributed by atoms with Crippen molar-refractivity contribution in [1.82, 2.24) is 9.97 Å². The molecular weight excluding hydrogens is 377 g/mol. The van der Waals surface area contributed by atoms with E-state index in [4.69, 9.17) is 9.97 Å². The second-order valence-electron chi connectivity index (χ2n) is 8.96. The summed E-state index contributed by atoms with van der Waals surface area (Å²) in [4.78, 5) is 22.5. The molecule has 4 nitrogen and oxygen atoms in total. The van der Waals surface area contributed by atoms with Crippen molar-refractivity contribution >= 4 is 11.7 Å². The van der Waals surface area contributed by atoms with Crippen LogP contribution in [0.1, 0.15) is 75.7 Å². The van der Waals surface area contributed by atoms with Gasteiger partial charge in [0.25, 0.3) is 0 Å². The van der Waals surface area contributed by atoms with Crippen molar-refractivity contribution in [2.24, 2.45) is 11.8 Å². The van der Waals surface area contributed by atoms with Crippen LogP contribution in [0, 0.1) is 17.7 Å². The van der Waals surface area contributed by atoms with E-state index in [0.29, 0.717) is 12.2 Å². The molecule has 1 unspecified atom stereocenters. The van der Waals surface area contributed by atoms with Gasteiger partial charge in [-0.3, -0.25) is 4.79 Å². The fraction of sp³-hybridized carbons (Fsp3) is 0.560. The van der Waals surface area contributed by atoms with E-state index in [1.165, 1.54) is 38.2 Å². The number of nitrogens with zero attached hydrogens (tertiary/aromatic N) is 2.